The van der Waals surface area contributed by atoms with Gasteiger partial charge in [-0.2, -0.15) is 0 Å². The molecular weight excluding hydrogens is 308 g/mol. The molecule has 2 N–H and O–H groups in total. The van der Waals surface area contributed by atoms with Crippen molar-refractivity contribution in [3.63, 3.8) is 0 Å². The first-order valence-electron chi connectivity index (χ1n) is 9.09. The third kappa shape index (κ3) is 1.29. The molecule has 5 fully saturated rings. The lowest BCUT2D eigenvalue weighted by molar-refractivity contribution is -0.162. The Hall–Kier alpha value is -1.36. The van der Waals surface area contributed by atoms with Crippen LogP contribution in [0, 0.1) is 34.5 Å². The Labute approximate surface area is 141 Å². The fourth-order valence-electron chi connectivity index (χ4n) is 7.66. The number of fused-ring (bicyclic) bond motifs is 1. The lowest BCUT2D eigenvalue weighted by Gasteiger charge is -2.44. The second-order valence-electron chi connectivity index (χ2n) is 9.07. The fourth-order valence-corrected chi connectivity index (χ4v) is 7.66. The lowest BCUT2D eigenvalue weighted by Crippen LogP contribution is -2.53. The van der Waals surface area contributed by atoms with Crippen LogP contribution < -0.4 is 0 Å². The summed E-state index contributed by atoms with van der Waals surface area (Å²) in [5, 5.41) is 20.8. The number of ether oxygens (including phenoxy) is 1. The molecule has 5 rings (SSSR count). The molecule has 1 saturated heterocycles. The van der Waals surface area contributed by atoms with Crippen LogP contribution in [0.3, 0.4) is 0 Å². The molecule has 1 spiro atoms. The molecule has 130 valence electrons. The Morgan fingerprint density at radius 3 is 2.79 bits per heavy atom. The number of aliphatic hydroxyl groups excluding tert-OH is 1. The molecule has 5 nitrogen and oxygen atoms in total. The summed E-state index contributed by atoms with van der Waals surface area (Å²) in [4.78, 5) is 25.1. The first-order valence-corrected chi connectivity index (χ1v) is 9.09. The monoisotopic (exact) mass is 332 g/mol. The van der Waals surface area contributed by atoms with Gasteiger partial charge in [0.15, 0.2) is 0 Å². The van der Waals surface area contributed by atoms with Gasteiger partial charge < -0.3 is 14.9 Å². The molecule has 24 heavy (non-hydrogen) atoms. The highest BCUT2D eigenvalue weighted by atomic mass is 16.6. The molecule has 0 amide bonds. The van der Waals surface area contributed by atoms with Crippen LogP contribution in [0.4, 0.5) is 0 Å². The van der Waals surface area contributed by atoms with Gasteiger partial charge in [0.25, 0.3) is 0 Å². The first kappa shape index (κ1) is 14.9. The molecule has 0 unspecified atom stereocenters. The SMILES string of the molecule is C=C1C[C@@]23C[C@H]1CC[C@H]2[C@]12CC[C@H](O)[C@@](C)(C(=O)O1)[C@H]2[C@@H]3C(=O)O. The standard InChI is InChI=1S/C19H24O5/c1-9-7-18-8-10(9)3-4-11(18)19-6-5-12(20)17(2,16(23)24-19)14(19)13(18)15(21)22/h10-14,20H,1,3-8H2,2H3,(H,21,22)/t10-,11-,12+,13-,14-,17-,18-,19+/m1/s1. The van der Waals surface area contributed by atoms with E-state index in [-0.39, 0.29) is 11.3 Å². The van der Waals surface area contributed by atoms with Crippen LogP contribution in [0.15, 0.2) is 12.2 Å². The van der Waals surface area contributed by atoms with Crippen molar-refractivity contribution in [1.29, 1.82) is 0 Å². The molecule has 4 saturated carbocycles. The maximum atomic E-state index is 12.7. The van der Waals surface area contributed by atoms with Gasteiger partial charge >= 0.3 is 11.9 Å². The second kappa shape index (κ2) is 4.06. The molecule has 0 aromatic carbocycles. The van der Waals surface area contributed by atoms with Gasteiger partial charge in [-0.25, -0.2) is 0 Å². The maximum absolute atomic E-state index is 12.7. The molecular formula is C19H24O5. The second-order valence-corrected chi connectivity index (χ2v) is 9.07. The van der Waals surface area contributed by atoms with E-state index in [4.69, 9.17) is 4.74 Å². The van der Waals surface area contributed by atoms with Gasteiger partial charge in [-0.1, -0.05) is 12.2 Å². The largest absolute Gasteiger partial charge is 0.481 e. The van der Waals surface area contributed by atoms with Gasteiger partial charge in [-0.15, -0.1) is 0 Å². The Morgan fingerprint density at radius 1 is 1.33 bits per heavy atom. The third-order valence-electron chi connectivity index (χ3n) is 8.46. The average molecular weight is 332 g/mol. The lowest BCUT2D eigenvalue weighted by atomic mass is 9.59. The van der Waals surface area contributed by atoms with Crippen molar-refractivity contribution in [2.24, 2.45) is 34.5 Å². The molecule has 4 bridgehead atoms. The summed E-state index contributed by atoms with van der Waals surface area (Å²) in [6.45, 7) is 5.95. The maximum Gasteiger partial charge on any atom is 0.315 e. The molecule has 4 aliphatic carbocycles. The van der Waals surface area contributed by atoms with Crippen molar-refractivity contribution < 1.29 is 24.5 Å². The van der Waals surface area contributed by atoms with Gasteiger partial charge in [-0.05, 0) is 56.8 Å². The number of carbonyl (C=O) groups excluding carboxylic acids is 1. The molecule has 5 heteroatoms. The Morgan fingerprint density at radius 2 is 2.08 bits per heavy atom. The molecule has 5 aliphatic rings. The molecule has 0 aromatic heterocycles. The van der Waals surface area contributed by atoms with E-state index in [9.17, 15) is 19.8 Å². The van der Waals surface area contributed by atoms with Gasteiger partial charge in [0.05, 0.1) is 17.4 Å². The van der Waals surface area contributed by atoms with Crippen molar-refractivity contribution in [2.75, 3.05) is 0 Å². The highest BCUT2D eigenvalue weighted by molar-refractivity contribution is 5.85. The van der Waals surface area contributed by atoms with Crippen molar-refractivity contribution in [1.82, 2.24) is 0 Å². The van der Waals surface area contributed by atoms with Gasteiger partial charge in [0, 0.05) is 11.8 Å². The predicted octanol–water partition coefficient (Wildman–Crippen LogP) is 2.14. The van der Waals surface area contributed by atoms with E-state index in [0.717, 1.165) is 25.7 Å². The number of aliphatic hydroxyl groups is 1. The third-order valence-corrected chi connectivity index (χ3v) is 8.46. The summed E-state index contributed by atoms with van der Waals surface area (Å²) in [5.74, 6) is -1.78. The van der Waals surface area contributed by atoms with Crippen molar-refractivity contribution in [3.05, 3.63) is 12.2 Å². The van der Waals surface area contributed by atoms with Gasteiger partial charge in [0.2, 0.25) is 0 Å². The van der Waals surface area contributed by atoms with E-state index in [1.165, 1.54) is 5.57 Å². The number of carboxylic acids is 1. The van der Waals surface area contributed by atoms with Crippen molar-refractivity contribution in [3.8, 4) is 0 Å². The number of allylic oxidation sites excluding steroid dienone is 1. The van der Waals surface area contributed by atoms with Crippen LogP contribution >= 0.6 is 0 Å². The zero-order valence-electron chi connectivity index (χ0n) is 14.0. The molecule has 8 atom stereocenters. The molecule has 1 aliphatic heterocycles. The zero-order chi connectivity index (χ0) is 17.1. The van der Waals surface area contributed by atoms with Crippen LogP contribution in [0.2, 0.25) is 0 Å². The van der Waals surface area contributed by atoms with Crippen LogP contribution in [0.5, 0.6) is 0 Å². The summed E-state index contributed by atoms with van der Waals surface area (Å²) in [7, 11) is 0. The topological polar surface area (TPSA) is 83.8 Å². The van der Waals surface area contributed by atoms with Crippen LogP contribution in [-0.2, 0) is 14.3 Å². The van der Waals surface area contributed by atoms with Crippen molar-refractivity contribution >= 4 is 11.9 Å². The predicted molar refractivity (Wildman–Crippen MR) is 83.8 cm³/mol. The molecule has 0 radical (unpaired) electrons. The van der Waals surface area contributed by atoms with Gasteiger partial charge in [-0.3, -0.25) is 9.59 Å². The normalized spacial score (nSPS) is 57.5. The Kier molecular flexibility index (Phi) is 2.53. The molecule has 1 heterocycles. The summed E-state index contributed by atoms with van der Waals surface area (Å²) >= 11 is 0. The average Bonchev–Trinajstić information content (AvgIpc) is 2.98. The smallest absolute Gasteiger partial charge is 0.315 e. The number of hydrogen-bond donors (Lipinski definition) is 2. The number of hydrogen-bond acceptors (Lipinski definition) is 4. The van der Waals surface area contributed by atoms with E-state index in [1.807, 2.05) is 0 Å². The zero-order valence-corrected chi connectivity index (χ0v) is 14.0. The number of esters is 1. The van der Waals surface area contributed by atoms with Crippen LogP contribution in [0.1, 0.15) is 45.4 Å². The fraction of sp³-hybridized carbons (Fsp3) is 0.789. The highest BCUT2D eigenvalue weighted by Gasteiger charge is 2.83. The summed E-state index contributed by atoms with van der Waals surface area (Å²) in [5.41, 5.74) is -0.953. The summed E-state index contributed by atoms with van der Waals surface area (Å²) < 4.78 is 6.01. The van der Waals surface area contributed by atoms with E-state index in [0.29, 0.717) is 18.8 Å². The number of rotatable bonds is 1. The summed E-state index contributed by atoms with van der Waals surface area (Å²) in [6, 6.07) is 0. The quantitative estimate of drug-likeness (QED) is 0.568. The summed E-state index contributed by atoms with van der Waals surface area (Å²) in [6.07, 6.45) is 3.81. The van der Waals surface area contributed by atoms with Crippen LogP contribution in [-0.4, -0.2) is 33.9 Å². The number of carboxylic acid groups (broad SMARTS) is 1. The van der Waals surface area contributed by atoms with E-state index in [2.05, 4.69) is 6.58 Å². The highest BCUT2D eigenvalue weighted by Crippen LogP contribution is 2.77. The van der Waals surface area contributed by atoms with Crippen molar-refractivity contribution in [2.45, 2.75) is 57.2 Å². The molecule has 0 aromatic rings. The Bertz CT molecular complexity index is 685. The van der Waals surface area contributed by atoms with E-state index in [1.54, 1.807) is 6.92 Å². The van der Waals surface area contributed by atoms with E-state index >= 15 is 0 Å². The minimum atomic E-state index is -1.09. The van der Waals surface area contributed by atoms with Crippen LogP contribution in [0.25, 0.3) is 0 Å². The number of carbonyl (C=O) groups is 2. The Balaban J connectivity index is 1.76. The minimum absolute atomic E-state index is 0.0878. The van der Waals surface area contributed by atoms with E-state index < -0.39 is 40.9 Å². The number of aliphatic carboxylic acids is 1. The van der Waals surface area contributed by atoms with Gasteiger partial charge in [0.1, 0.15) is 5.60 Å². The minimum Gasteiger partial charge on any atom is -0.481 e. The first-order chi connectivity index (χ1) is 11.3.